The van der Waals surface area contributed by atoms with E-state index >= 15 is 0 Å². The summed E-state index contributed by atoms with van der Waals surface area (Å²) in [5.74, 6) is 1.25. The van der Waals surface area contributed by atoms with Crippen LogP contribution in [0.15, 0.2) is 54.6 Å². The van der Waals surface area contributed by atoms with Crippen LogP contribution in [0.5, 0.6) is 0 Å². The number of aryl methyl sites for hydroxylation is 1. The van der Waals surface area contributed by atoms with Crippen LogP contribution in [-0.4, -0.2) is 21.1 Å². The number of carbonyl (C=O) groups is 1. The van der Waals surface area contributed by atoms with E-state index in [2.05, 4.69) is 27.4 Å². The van der Waals surface area contributed by atoms with E-state index in [0.717, 1.165) is 35.5 Å². The number of H-pyrrole nitrogens is 1. The third-order valence-corrected chi connectivity index (χ3v) is 4.08. The number of aromatic amines is 1. The number of rotatable bonds is 6. The molecule has 3 rings (SSSR count). The summed E-state index contributed by atoms with van der Waals surface area (Å²) in [6.07, 6.45) is 1.76. The lowest BCUT2D eigenvalue weighted by atomic mass is 9.93. The van der Waals surface area contributed by atoms with Crippen LogP contribution in [-0.2, 0) is 4.79 Å². The Morgan fingerprint density at radius 1 is 1.16 bits per heavy atom. The molecule has 0 radical (unpaired) electrons. The molecule has 0 fully saturated rings. The number of nitrogens with one attached hydrogen (secondary N) is 2. The van der Waals surface area contributed by atoms with Crippen LogP contribution >= 0.6 is 0 Å². The van der Waals surface area contributed by atoms with Gasteiger partial charge in [0.1, 0.15) is 5.82 Å². The topological polar surface area (TPSA) is 70.7 Å². The highest BCUT2D eigenvalue weighted by Gasteiger charge is 2.19. The Balaban J connectivity index is 1.79. The first-order valence-electron chi connectivity index (χ1n) is 8.52. The van der Waals surface area contributed by atoms with Crippen LogP contribution in [0.1, 0.15) is 37.1 Å². The monoisotopic (exact) mass is 334 g/mol. The maximum atomic E-state index is 12.8. The summed E-state index contributed by atoms with van der Waals surface area (Å²) < 4.78 is 0. The summed E-state index contributed by atoms with van der Waals surface area (Å²) in [6, 6.07) is 17.5. The first-order chi connectivity index (χ1) is 12.2. The maximum Gasteiger partial charge on any atom is 0.231 e. The fourth-order valence-corrected chi connectivity index (χ4v) is 2.86. The van der Waals surface area contributed by atoms with E-state index in [-0.39, 0.29) is 11.8 Å². The van der Waals surface area contributed by atoms with Crippen molar-refractivity contribution < 1.29 is 4.79 Å². The zero-order valence-electron chi connectivity index (χ0n) is 14.5. The number of hydrogen-bond donors (Lipinski definition) is 2. The Morgan fingerprint density at radius 2 is 1.96 bits per heavy atom. The molecule has 128 valence electrons. The molecule has 1 atom stereocenters. The van der Waals surface area contributed by atoms with Gasteiger partial charge in [0.05, 0.1) is 5.92 Å². The first-order valence-corrected chi connectivity index (χ1v) is 8.52. The largest absolute Gasteiger partial charge is 0.326 e. The van der Waals surface area contributed by atoms with E-state index in [1.54, 1.807) is 0 Å². The Morgan fingerprint density at radius 3 is 2.64 bits per heavy atom. The lowest BCUT2D eigenvalue weighted by Crippen LogP contribution is -2.21. The minimum Gasteiger partial charge on any atom is -0.326 e. The third kappa shape index (κ3) is 4.12. The van der Waals surface area contributed by atoms with Crippen LogP contribution in [0.25, 0.3) is 11.4 Å². The molecule has 0 aliphatic carbocycles. The quantitative estimate of drug-likeness (QED) is 0.706. The number of nitrogens with zero attached hydrogens (tertiary/aromatic N) is 2. The van der Waals surface area contributed by atoms with E-state index in [0.29, 0.717) is 5.82 Å². The molecule has 1 amide bonds. The minimum absolute atomic E-state index is 0.0105. The molecular formula is C20H22N4O. The smallest absolute Gasteiger partial charge is 0.231 e. The minimum atomic E-state index is -0.152. The summed E-state index contributed by atoms with van der Waals surface area (Å²) in [6.45, 7) is 3.95. The van der Waals surface area contributed by atoms with Gasteiger partial charge in [-0.05, 0) is 31.0 Å². The Labute approximate surface area is 147 Å². The van der Waals surface area contributed by atoms with Gasteiger partial charge < -0.3 is 5.32 Å². The lowest BCUT2D eigenvalue weighted by molar-refractivity contribution is -0.117. The van der Waals surface area contributed by atoms with Gasteiger partial charge in [-0.25, -0.2) is 4.98 Å². The number of benzene rings is 2. The van der Waals surface area contributed by atoms with Gasteiger partial charge in [-0.1, -0.05) is 55.8 Å². The molecule has 2 aromatic carbocycles. The van der Waals surface area contributed by atoms with Crippen molar-refractivity contribution in [2.75, 3.05) is 5.32 Å². The van der Waals surface area contributed by atoms with Gasteiger partial charge in [0.15, 0.2) is 5.82 Å². The van der Waals surface area contributed by atoms with E-state index in [1.165, 1.54) is 0 Å². The van der Waals surface area contributed by atoms with E-state index < -0.39 is 0 Å². The summed E-state index contributed by atoms with van der Waals surface area (Å²) in [5.41, 5.74) is 2.67. The normalized spacial score (nSPS) is 11.9. The fraction of sp³-hybridized carbons (Fsp3) is 0.250. The van der Waals surface area contributed by atoms with Crippen LogP contribution in [0.4, 0.5) is 5.69 Å². The lowest BCUT2D eigenvalue weighted by Gasteiger charge is -2.17. The van der Waals surface area contributed by atoms with Gasteiger partial charge >= 0.3 is 0 Å². The second-order valence-corrected chi connectivity index (χ2v) is 6.07. The molecule has 0 spiro atoms. The average Bonchev–Trinajstić information content (AvgIpc) is 3.07. The number of hydrogen-bond acceptors (Lipinski definition) is 3. The standard InChI is InChI=1S/C20H22N4O/c1-3-8-18(15-9-5-4-6-10-15)20(25)22-17-12-7-11-16(13-17)19-21-14(2)23-24-19/h4-7,9-13,18H,3,8H2,1-2H3,(H,22,25)(H,21,23,24). The van der Waals surface area contributed by atoms with Crippen LogP contribution in [0.3, 0.4) is 0 Å². The summed E-state index contributed by atoms with van der Waals surface area (Å²) in [7, 11) is 0. The van der Waals surface area contributed by atoms with Crippen molar-refractivity contribution in [1.29, 1.82) is 0 Å². The van der Waals surface area contributed by atoms with Crippen molar-refractivity contribution in [3.8, 4) is 11.4 Å². The van der Waals surface area contributed by atoms with Crippen molar-refractivity contribution in [2.45, 2.75) is 32.6 Å². The molecule has 0 saturated carbocycles. The number of amides is 1. The highest BCUT2D eigenvalue weighted by molar-refractivity contribution is 5.96. The fourth-order valence-electron chi connectivity index (χ4n) is 2.86. The molecule has 5 nitrogen and oxygen atoms in total. The molecule has 2 N–H and O–H groups in total. The summed E-state index contributed by atoms with van der Waals surface area (Å²) >= 11 is 0. The van der Waals surface area contributed by atoms with Gasteiger partial charge in [0, 0.05) is 11.3 Å². The van der Waals surface area contributed by atoms with Crippen molar-refractivity contribution >= 4 is 11.6 Å². The molecule has 0 aliphatic heterocycles. The van der Waals surface area contributed by atoms with E-state index in [1.807, 2.05) is 61.5 Å². The van der Waals surface area contributed by atoms with Crippen LogP contribution in [0.2, 0.25) is 0 Å². The molecule has 1 heterocycles. The maximum absolute atomic E-state index is 12.8. The Hall–Kier alpha value is -2.95. The SMILES string of the molecule is CCCC(C(=O)Nc1cccc(-c2n[nH]c(C)n2)c1)c1ccccc1. The third-order valence-electron chi connectivity index (χ3n) is 4.08. The number of aromatic nitrogens is 3. The zero-order chi connectivity index (χ0) is 17.6. The highest BCUT2D eigenvalue weighted by atomic mass is 16.1. The van der Waals surface area contributed by atoms with E-state index in [4.69, 9.17) is 0 Å². The molecule has 1 aromatic heterocycles. The van der Waals surface area contributed by atoms with Crippen molar-refractivity contribution in [1.82, 2.24) is 15.2 Å². The van der Waals surface area contributed by atoms with Gasteiger partial charge in [-0.15, -0.1) is 0 Å². The highest BCUT2D eigenvalue weighted by Crippen LogP contribution is 2.25. The predicted molar refractivity (Wildman–Crippen MR) is 99.3 cm³/mol. The second kappa shape index (κ2) is 7.75. The second-order valence-electron chi connectivity index (χ2n) is 6.07. The van der Waals surface area contributed by atoms with Gasteiger partial charge in [-0.2, -0.15) is 5.10 Å². The average molecular weight is 334 g/mol. The number of carbonyl (C=O) groups excluding carboxylic acids is 1. The zero-order valence-corrected chi connectivity index (χ0v) is 14.5. The predicted octanol–water partition coefficient (Wildman–Crippen LogP) is 4.30. The summed E-state index contributed by atoms with van der Waals surface area (Å²) in [4.78, 5) is 17.1. The Bertz CT molecular complexity index is 842. The number of anilines is 1. The molecule has 0 bridgehead atoms. The van der Waals surface area contributed by atoms with Gasteiger partial charge in [0.25, 0.3) is 0 Å². The summed E-state index contributed by atoms with van der Waals surface area (Å²) in [5, 5.41) is 10.0. The molecular weight excluding hydrogens is 312 g/mol. The Kier molecular flexibility index (Phi) is 5.23. The first kappa shape index (κ1) is 16.9. The van der Waals surface area contributed by atoms with Gasteiger partial charge in [0.2, 0.25) is 5.91 Å². The van der Waals surface area contributed by atoms with Crippen molar-refractivity contribution in [3.63, 3.8) is 0 Å². The molecule has 5 heteroatoms. The van der Waals surface area contributed by atoms with Crippen LogP contribution in [0, 0.1) is 6.92 Å². The molecule has 25 heavy (non-hydrogen) atoms. The van der Waals surface area contributed by atoms with Crippen LogP contribution < -0.4 is 5.32 Å². The molecule has 3 aromatic rings. The molecule has 1 unspecified atom stereocenters. The van der Waals surface area contributed by atoms with E-state index in [9.17, 15) is 4.79 Å². The van der Waals surface area contributed by atoms with Crippen molar-refractivity contribution in [2.24, 2.45) is 0 Å². The van der Waals surface area contributed by atoms with Gasteiger partial charge in [-0.3, -0.25) is 9.89 Å². The molecule has 0 saturated heterocycles. The van der Waals surface area contributed by atoms with Crippen molar-refractivity contribution in [3.05, 3.63) is 66.0 Å². The molecule has 0 aliphatic rings.